The van der Waals surface area contributed by atoms with Gasteiger partial charge in [0.2, 0.25) is 0 Å². The van der Waals surface area contributed by atoms with Crippen molar-refractivity contribution in [2.75, 3.05) is 18.0 Å². The van der Waals surface area contributed by atoms with Crippen LogP contribution in [0.1, 0.15) is 44.5 Å². The summed E-state index contributed by atoms with van der Waals surface area (Å²) in [4.78, 5) is 6.80. The normalized spacial score (nSPS) is 13.9. The van der Waals surface area contributed by atoms with Crippen LogP contribution in [0.25, 0.3) is 11.4 Å². The fraction of sp³-hybridized carbons (Fsp3) is 0.375. The van der Waals surface area contributed by atoms with E-state index in [0.29, 0.717) is 5.56 Å². The number of anilines is 1. The lowest BCUT2D eigenvalue weighted by molar-refractivity contribution is 0.474. The number of benzene rings is 2. The minimum absolute atomic E-state index is 0.238. The van der Waals surface area contributed by atoms with Gasteiger partial charge in [0.15, 0.2) is 5.82 Å². The van der Waals surface area contributed by atoms with Gasteiger partial charge in [-0.2, -0.15) is 0 Å². The summed E-state index contributed by atoms with van der Waals surface area (Å²) >= 11 is 0. The number of aliphatic imine (C=N–C) groups is 1. The van der Waals surface area contributed by atoms with Crippen molar-refractivity contribution in [3.63, 3.8) is 0 Å². The van der Waals surface area contributed by atoms with E-state index < -0.39 is 0 Å². The van der Waals surface area contributed by atoms with Gasteiger partial charge in [-0.05, 0) is 51.0 Å². The molecule has 6 heteroatoms. The van der Waals surface area contributed by atoms with Gasteiger partial charge in [-0.1, -0.05) is 18.6 Å². The zero-order chi connectivity index (χ0) is 20.9. The highest BCUT2D eigenvalue weighted by Gasteiger charge is 2.16. The SMILES string of the molecule is CCN(CC)c1ccc(C=Nc2cccc(-c3nnc4n3CCCCC4)c2)c(O)c1. The van der Waals surface area contributed by atoms with Gasteiger partial charge in [0, 0.05) is 55.2 Å². The maximum absolute atomic E-state index is 10.4. The van der Waals surface area contributed by atoms with Crippen molar-refractivity contribution in [3.05, 3.63) is 53.9 Å². The molecule has 1 N–H and O–H groups in total. The van der Waals surface area contributed by atoms with E-state index >= 15 is 0 Å². The number of phenolic OH excluding ortho intramolecular Hbond substituents is 1. The van der Waals surface area contributed by atoms with Gasteiger partial charge in [0.05, 0.1) is 5.69 Å². The molecular weight excluding hydrogens is 374 g/mol. The third kappa shape index (κ3) is 4.22. The molecule has 0 radical (unpaired) electrons. The maximum atomic E-state index is 10.4. The molecule has 6 nitrogen and oxygen atoms in total. The molecule has 1 aliphatic heterocycles. The van der Waals surface area contributed by atoms with Crippen molar-refractivity contribution in [1.29, 1.82) is 0 Å². The summed E-state index contributed by atoms with van der Waals surface area (Å²) in [5.41, 5.74) is 3.56. The Balaban J connectivity index is 1.57. The topological polar surface area (TPSA) is 66.5 Å². The molecular formula is C24H29N5O. The van der Waals surface area contributed by atoms with Gasteiger partial charge in [-0.3, -0.25) is 4.99 Å². The lowest BCUT2D eigenvalue weighted by Gasteiger charge is -2.21. The van der Waals surface area contributed by atoms with Crippen molar-refractivity contribution in [2.24, 2.45) is 4.99 Å². The van der Waals surface area contributed by atoms with Gasteiger partial charge in [0.25, 0.3) is 0 Å². The van der Waals surface area contributed by atoms with E-state index in [-0.39, 0.29) is 5.75 Å². The minimum atomic E-state index is 0.238. The van der Waals surface area contributed by atoms with Gasteiger partial charge >= 0.3 is 0 Å². The summed E-state index contributed by atoms with van der Waals surface area (Å²) in [6.07, 6.45) is 6.29. The Morgan fingerprint density at radius 3 is 2.73 bits per heavy atom. The molecule has 0 fully saturated rings. The van der Waals surface area contributed by atoms with Crippen LogP contribution in [0.2, 0.25) is 0 Å². The van der Waals surface area contributed by atoms with Crippen LogP contribution < -0.4 is 4.90 Å². The number of aryl methyl sites for hydroxylation is 1. The van der Waals surface area contributed by atoms with Crippen molar-refractivity contribution < 1.29 is 5.11 Å². The quantitative estimate of drug-likeness (QED) is 0.590. The second kappa shape index (κ2) is 9.11. The molecule has 0 spiro atoms. The van der Waals surface area contributed by atoms with Crippen LogP contribution in [0.5, 0.6) is 5.75 Å². The van der Waals surface area contributed by atoms with E-state index in [2.05, 4.69) is 44.6 Å². The number of aromatic hydroxyl groups is 1. The molecule has 0 unspecified atom stereocenters. The Hall–Kier alpha value is -3.15. The van der Waals surface area contributed by atoms with Crippen LogP contribution >= 0.6 is 0 Å². The first-order chi connectivity index (χ1) is 14.7. The summed E-state index contributed by atoms with van der Waals surface area (Å²) in [6, 6.07) is 13.8. The highest BCUT2D eigenvalue weighted by atomic mass is 16.3. The van der Waals surface area contributed by atoms with E-state index in [9.17, 15) is 5.11 Å². The van der Waals surface area contributed by atoms with Gasteiger partial charge in [-0.25, -0.2) is 0 Å². The van der Waals surface area contributed by atoms with Crippen LogP contribution in [0.3, 0.4) is 0 Å². The van der Waals surface area contributed by atoms with Crippen molar-refractivity contribution in [2.45, 2.75) is 46.1 Å². The summed E-state index contributed by atoms with van der Waals surface area (Å²) in [6.45, 7) is 7.00. The number of rotatable bonds is 6. The molecule has 0 atom stereocenters. The van der Waals surface area contributed by atoms with Crippen LogP contribution in [-0.4, -0.2) is 39.2 Å². The number of fused-ring (bicyclic) bond motifs is 1. The molecule has 0 saturated carbocycles. The molecule has 3 aromatic rings. The second-order valence-electron chi connectivity index (χ2n) is 7.63. The van der Waals surface area contributed by atoms with Gasteiger partial charge < -0.3 is 14.6 Å². The second-order valence-corrected chi connectivity index (χ2v) is 7.63. The number of hydrogen-bond donors (Lipinski definition) is 1. The summed E-state index contributed by atoms with van der Waals surface area (Å²) in [7, 11) is 0. The Bertz CT molecular complexity index is 1040. The fourth-order valence-corrected chi connectivity index (χ4v) is 3.99. The van der Waals surface area contributed by atoms with Gasteiger partial charge in [0.1, 0.15) is 11.6 Å². The monoisotopic (exact) mass is 403 g/mol. The van der Waals surface area contributed by atoms with Crippen molar-refractivity contribution >= 4 is 17.6 Å². The molecule has 0 amide bonds. The fourth-order valence-electron chi connectivity index (χ4n) is 3.99. The molecule has 2 aromatic carbocycles. The Morgan fingerprint density at radius 2 is 1.93 bits per heavy atom. The summed E-state index contributed by atoms with van der Waals surface area (Å²) < 4.78 is 2.24. The van der Waals surface area contributed by atoms with E-state index in [4.69, 9.17) is 0 Å². The van der Waals surface area contributed by atoms with Crippen molar-refractivity contribution in [3.8, 4) is 17.1 Å². The lowest BCUT2D eigenvalue weighted by atomic mass is 10.1. The zero-order valence-electron chi connectivity index (χ0n) is 17.8. The first kappa shape index (κ1) is 20.1. The number of nitrogens with zero attached hydrogens (tertiary/aromatic N) is 5. The molecule has 1 aliphatic rings. The Kier molecular flexibility index (Phi) is 6.12. The lowest BCUT2D eigenvalue weighted by Crippen LogP contribution is -2.21. The molecule has 1 aromatic heterocycles. The first-order valence-corrected chi connectivity index (χ1v) is 10.8. The molecule has 0 saturated heterocycles. The summed E-state index contributed by atoms with van der Waals surface area (Å²) in [5.74, 6) is 2.23. The molecule has 0 bridgehead atoms. The van der Waals surface area contributed by atoms with E-state index in [1.54, 1.807) is 12.3 Å². The van der Waals surface area contributed by atoms with Crippen molar-refractivity contribution in [1.82, 2.24) is 14.8 Å². The summed E-state index contributed by atoms with van der Waals surface area (Å²) in [5, 5.41) is 19.3. The maximum Gasteiger partial charge on any atom is 0.164 e. The van der Waals surface area contributed by atoms with Crippen LogP contribution in [0, 0.1) is 0 Å². The minimum Gasteiger partial charge on any atom is -0.507 e. The van der Waals surface area contributed by atoms with Crippen LogP contribution in [0.15, 0.2) is 47.5 Å². The third-order valence-corrected chi connectivity index (χ3v) is 5.71. The predicted molar refractivity (Wildman–Crippen MR) is 122 cm³/mol. The molecule has 4 rings (SSSR count). The Labute approximate surface area is 177 Å². The number of hydrogen-bond acceptors (Lipinski definition) is 5. The highest BCUT2D eigenvalue weighted by Crippen LogP contribution is 2.27. The molecule has 30 heavy (non-hydrogen) atoms. The van der Waals surface area contributed by atoms with E-state index in [1.807, 2.05) is 30.3 Å². The standard InChI is InChI=1S/C24H29N5O/c1-3-28(4-2)21-13-12-19(22(30)16-21)17-25-20-10-8-9-18(15-20)24-27-26-23-11-6-5-7-14-29(23)24/h8-10,12-13,15-17,30H,3-7,11,14H2,1-2H3. The zero-order valence-corrected chi connectivity index (χ0v) is 17.8. The molecule has 156 valence electrons. The average molecular weight is 404 g/mol. The Morgan fingerprint density at radius 1 is 1.07 bits per heavy atom. The van der Waals surface area contributed by atoms with E-state index in [0.717, 1.165) is 54.6 Å². The largest absolute Gasteiger partial charge is 0.507 e. The molecule has 2 heterocycles. The molecule has 0 aliphatic carbocycles. The van der Waals surface area contributed by atoms with Crippen LogP contribution in [0.4, 0.5) is 11.4 Å². The first-order valence-electron chi connectivity index (χ1n) is 10.8. The third-order valence-electron chi connectivity index (χ3n) is 5.71. The predicted octanol–water partition coefficient (Wildman–Crippen LogP) is 4.97. The average Bonchev–Trinajstić information content (AvgIpc) is 3.02. The van der Waals surface area contributed by atoms with E-state index in [1.165, 1.54) is 19.3 Å². The number of phenols is 1. The van der Waals surface area contributed by atoms with Crippen LogP contribution in [-0.2, 0) is 13.0 Å². The number of aromatic nitrogens is 3. The van der Waals surface area contributed by atoms with Gasteiger partial charge in [-0.15, -0.1) is 10.2 Å². The smallest absolute Gasteiger partial charge is 0.164 e. The highest BCUT2D eigenvalue weighted by molar-refractivity contribution is 5.86.